The van der Waals surface area contributed by atoms with E-state index in [9.17, 15) is 14.4 Å². The lowest BCUT2D eigenvalue weighted by molar-refractivity contribution is -0.123. The van der Waals surface area contributed by atoms with Crippen molar-refractivity contribution in [3.63, 3.8) is 0 Å². The van der Waals surface area contributed by atoms with Gasteiger partial charge in [-0.25, -0.2) is 9.78 Å². The molecule has 2 heterocycles. The van der Waals surface area contributed by atoms with Crippen LogP contribution in [0, 0.1) is 12.3 Å². The molecule has 0 spiro atoms. The third-order valence-electron chi connectivity index (χ3n) is 4.24. The Labute approximate surface area is 172 Å². The Hall–Kier alpha value is -3.62. The molecule has 1 N–H and O–H groups in total. The fourth-order valence-electron chi connectivity index (χ4n) is 2.61. The molecule has 0 unspecified atom stereocenters. The number of amides is 1. The number of hydrogen-bond acceptors (Lipinski definition) is 7. The Balaban J connectivity index is 1.77. The van der Waals surface area contributed by atoms with Crippen molar-refractivity contribution in [3.05, 3.63) is 57.7 Å². The summed E-state index contributed by atoms with van der Waals surface area (Å²) in [5.41, 5.74) is 0.184. The molecule has 3 rings (SSSR count). The summed E-state index contributed by atoms with van der Waals surface area (Å²) in [7, 11) is 1.47. The van der Waals surface area contributed by atoms with E-state index in [2.05, 4.69) is 10.3 Å². The van der Waals surface area contributed by atoms with Gasteiger partial charge in [-0.3, -0.25) is 9.59 Å². The lowest BCUT2D eigenvalue weighted by Crippen LogP contribution is -2.28. The van der Waals surface area contributed by atoms with E-state index >= 15 is 0 Å². The first kappa shape index (κ1) is 21.1. The largest absolute Gasteiger partial charge is 0.495 e. The second kappa shape index (κ2) is 8.02. The molecule has 0 saturated carbocycles. The molecule has 0 aliphatic heterocycles. The van der Waals surface area contributed by atoms with Gasteiger partial charge in [0.05, 0.1) is 24.1 Å². The van der Waals surface area contributed by atoms with Gasteiger partial charge in [-0.1, -0.05) is 20.8 Å². The summed E-state index contributed by atoms with van der Waals surface area (Å²) in [6.07, 6.45) is 0. The second-order valence-electron chi connectivity index (χ2n) is 7.78. The molecule has 0 atom stereocenters. The second-order valence-corrected chi connectivity index (χ2v) is 7.78. The topological polar surface area (TPSA) is 112 Å². The van der Waals surface area contributed by atoms with Crippen LogP contribution in [0.15, 0.2) is 39.6 Å². The molecule has 30 heavy (non-hydrogen) atoms. The lowest BCUT2D eigenvalue weighted by atomic mass is 9.95. The van der Waals surface area contributed by atoms with Crippen LogP contribution < -0.4 is 15.6 Å². The van der Waals surface area contributed by atoms with E-state index in [1.807, 2.05) is 0 Å². The minimum atomic E-state index is -0.630. The van der Waals surface area contributed by atoms with E-state index in [0.29, 0.717) is 28.5 Å². The van der Waals surface area contributed by atoms with Gasteiger partial charge in [-0.2, -0.15) is 0 Å². The Morgan fingerprint density at radius 2 is 1.93 bits per heavy atom. The summed E-state index contributed by atoms with van der Waals surface area (Å²) < 4.78 is 16.8. The number of hydrogen-bond donors (Lipinski definition) is 1. The molecule has 0 bridgehead atoms. The monoisotopic (exact) mass is 413 g/mol. The number of nitrogens with zero attached hydrogens (tertiary/aromatic N) is 2. The highest BCUT2D eigenvalue weighted by atomic mass is 16.5. The van der Waals surface area contributed by atoms with Crippen molar-refractivity contribution >= 4 is 23.2 Å². The Kier molecular flexibility index (Phi) is 5.64. The fraction of sp³-hybridized carbons (Fsp3) is 0.333. The van der Waals surface area contributed by atoms with Gasteiger partial charge in [0.25, 0.3) is 5.56 Å². The van der Waals surface area contributed by atoms with Crippen molar-refractivity contribution in [1.29, 1.82) is 0 Å². The zero-order chi connectivity index (χ0) is 22.1. The number of aromatic nitrogens is 2. The molecule has 2 aromatic heterocycles. The van der Waals surface area contributed by atoms with Gasteiger partial charge >= 0.3 is 5.97 Å². The van der Waals surface area contributed by atoms with Gasteiger partial charge in [0, 0.05) is 17.5 Å². The molecule has 9 nitrogen and oxygen atoms in total. The SMILES string of the molecule is COc1ccc(C(=O)OCc2cc(=O)n3oc(C)cc3n2)cc1NC(=O)C(C)(C)C. The van der Waals surface area contributed by atoms with Crippen molar-refractivity contribution in [1.82, 2.24) is 9.56 Å². The van der Waals surface area contributed by atoms with Crippen molar-refractivity contribution in [2.75, 3.05) is 12.4 Å². The molecule has 0 radical (unpaired) electrons. The van der Waals surface area contributed by atoms with Crippen LogP contribution in [0.1, 0.15) is 42.6 Å². The van der Waals surface area contributed by atoms with Crippen LogP contribution in [0.4, 0.5) is 5.69 Å². The molecule has 0 aliphatic rings. The van der Waals surface area contributed by atoms with Gasteiger partial charge in [0.15, 0.2) is 5.65 Å². The van der Waals surface area contributed by atoms with Gasteiger partial charge in [0.2, 0.25) is 5.91 Å². The molecule has 1 amide bonds. The molecule has 3 aromatic rings. The van der Waals surface area contributed by atoms with Gasteiger partial charge in [-0.05, 0) is 25.1 Å². The molecular weight excluding hydrogens is 390 g/mol. The Morgan fingerprint density at radius 3 is 2.60 bits per heavy atom. The van der Waals surface area contributed by atoms with E-state index in [1.165, 1.54) is 25.3 Å². The summed E-state index contributed by atoms with van der Waals surface area (Å²) >= 11 is 0. The molecule has 0 aliphatic carbocycles. The van der Waals surface area contributed by atoms with E-state index in [4.69, 9.17) is 14.0 Å². The predicted octanol–water partition coefficient (Wildman–Crippen LogP) is 2.95. The normalized spacial score (nSPS) is 11.4. The summed E-state index contributed by atoms with van der Waals surface area (Å²) in [5, 5.41) is 2.76. The molecule has 1 aromatic carbocycles. The highest BCUT2D eigenvalue weighted by Gasteiger charge is 2.23. The number of ether oxygens (including phenoxy) is 2. The number of esters is 1. The molecule has 0 saturated heterocycles. The number of carbonyl (C=O) groups excluding carboxylic acids is 2. The van der Waals surface area contributed by atoms with Crippen molar-refractivity contribution in [2.24, 2.45) is 5.41 Å². The summed E-state index contributed by atoms with van der Waals surface area (Å²) in [6.45, 7) is 6.85. The highest BCUT2D eigenvalue weighted by Crippen LogP contribution is 2.28. The molecule has 158 valence electrons. The number of benzene rings is 1. The van der Waals surface area contributed by atoms with Gasteiger partial charge < -0.3 is 19.3 Å². The van der Waals surface area contributed by atoms with Crippen LogP contribution in [0.25, 0.3) is 5.65 Å². The van der Waals surface area contributed by atoms with Crippen LogP contribution in [-0.4, -0.2) is 28.5 Å². The number of fused-ring (bicyclic) bond motifs is 1. The maximum atomic E-state index is 12.5. The van der Waals surface area contributed by atoms with Crippen LogP contribution >= 0.6 is 0 Å². The Bertz CT molecular complexity index is 1170. The van der Waals surface area contributed by atoms with Crippen LogP contribution in [-0.2, 0) is 16.1 Å². The fourth-order valence-corrected chi connectivity index (χ4v) is 2.61. The quantitative estimate of drug-likeness (QED) is 0.640. The van der Waals surface area contributed by atoms with Crippen LogP contribution in [0.3, 0.4) is 0 Å². The summed E-state index contributed by atoms with van der Waals surface area (Å²) in [6, 6.07) is 7.43. The number of carbonyl (C=O) groups is 2. The van der Waals surface area contributed by atoms with Crippen LogP contribution in [0.2, 0.25) is 0 Å². The van der Waals surface area contributed by atoms with Crippen molar-refractivity contribution in [2.45, 2.75) is 34.3 Å². The van der Waals surface area contributed by atoms with E-state index in [1.54, 1.807) is 39.8 Å². The third kappa shape index (κ3) is 4.51. The van der Waals surface area contributed by atoms with E-state index in [-0.39, 0.29) is 18.1 Å². The number of nitrogens with one attached hydrogen (secondary N) is 1. The number of anilines is 1. The van der Waals surface area contributed by atoms with Crippen molar-refractivity contribution in [3.8, 4) is 5.75 Å². The molecule has 0 fully saturated rings. The highest BCUT2D eigenvalue weighted by molar-refractivity contribution is 5.98. The zero-order valence-electron chi connectivity index (χ0n) is 17.4. The first-order valence-electron chi connectivity index (χ1n) is 9.24. The minimum absolute atomic E-state index is 0.190. The number of methoxy groups -OCH3 is 1. The first-order chi connectivity index (χ1) is 14.1. The van der Waals surface area contributed by atoms with Crippen LogP contribution in [0.5, 0.6) is 5.75 Å². The lowest BCUT2D eigenvalue weighted by Gasteiger charge is -2.19. The standard InChI is InChI=1S/C21H23N3O6/c1-12-8-17-22-14(10-18(25)24(17)30-12)11-29-19(26)13-6-7-16(28-5)15(9-13)23-20(27)21(2,3)4/h6-10H,11H2,1-5H3,(H,23,27). The average molecular weight is 413 g/mol. The Morgan fingerprint density at radius 1 is 1.20 bits per heavy atom. The number of aryl methyl sites for hydroxylation is 1. The smallest absolute Gasteiger partial charge is 0.338 e. The third-order valence-corrected chi connectivity index (χ3v) is 4.24. The molecule has 9 heteroatoms. The summed E-state index contributed by atoms with van der Waals surface area (Å²) in [4.78, 5) is 41.1. The zero-order valence-corrected chi connectivity index (χ0v) is 17.4. The maximum Gasteiger partial charge on any atom is 0.338 e. The molecular formula is C21H23N3O6. The van der Waals surface area contributed by atoms with Crippen molar-refractivity contribution < 1.29 is 23.6 Å². The first-order valence-corrected chi connectivity index (χ1v) is 9.24. The van der Waals surface area contributed by atoms with E-state index in [0.717, 1.165) is 4.57 Å². The predicted molar refractivity (Wildman–Crippen MR) is 109 cm³/mol. The van der Waals surface area contributed by atoms with E-state index < -0.39 is 16.9 Å². The van der Waals surface area contributed by atoms with Gasteiger partial charge in [-0.15, -0.1) is 4.57 Å². The summed E-state index contributed by atoms with van der Waals surface area (Å²) in [5.74, 6) is 0.102. The number of rotatable bonds is 5. The minimum Gasteiger partial charge on any atom is -0.495 e. The maximum absolute atomic E-state index is 12.5. The average Bonchev–Trinajstić information content (AvgIpc) is 3.06. The van der Waals surface area contributed by atoms with Gasteiger partial charge in [0.1, 0.15) is 18.1 Å².